The van der Waals surface area contributed by atoms with Gasteiger partial charge in [-0.05, 0) is 39.7 Å². The molecule has 2 rings (SSSR count). The summed E-state index contributed by atoms with van der Waals surface area (Å²) in [5, 5.41) is 0. The van der Waals surface area contributed by atoms with Crippen molar-refractivity contribution in [2.45, 2.75) is 12.2 Å². The van der Waals surface area contributed by atoms with Gasteiger partial charge in [0.2, 0.25) is 0 Å². The molecular weight excluding hydrogens is 405 g/mol. The van der Waals surface area contributed by atoms with E-state index in [2.05, 4.69) is 37.3 Å². The summed E-state index contributed by atoms with van der Waals surface area (Å²) in [6.45, 7) is 0. The average molecular weight is 414 g/mol. The standard InChI is InChI=1S/C12H9Br2F3N2O/c13-6-1-2-7(8(5-6)12(15,16)17)10(19-18)11-9(14)3-4-20-11/h1-5,10,19H,18H2. The smallest absolute Gasteiger partial charge is 0.416 e. The van der Waals surface area contributed by atoms with Crippen LogP contribution in [0.15, 0.2) is 43.9 Å². The maximum absolute atomic E-state index is 13.1. The summed E-state index contributed by atoms with van der Waals surface area (Å²) in [5.74, 6) is 5.68. The summed E-state index contributed by atoms with van der Waals surface area (Å²) in [5.41, 5.74) is 1.56. The third-order valence-corrected chi connectivity index (χ3v) is 3.85. The largest absolute Gasteiger partial charge is 0.466 e. The van der Waals surface area contributed by atoms with Crippen LogP contribution in [-0.4, -0.2) is 0 Å². The molecule has 2 aromatic rings. The molecule has 0 spiro atoms. The summed E-state index contributed by atoms with van der Waals surface area (Å²) in [6.07, 6.45) is -3.12. The van der Waals surface area contributed by atoms with Crippen LogP contribution in [0.25, 0.3) is 0 Å². The van der Waals surface area contributed by atoms with Gasteiger partial charge in [0.15, 0.2) is 0 Å². The van der Waals surface area contributed by atoms with Gasteiger partial charge in [-0.15, -0.1) is 0 Å². The Morgan fingerprint density at radius 2 is 1.90 bits per heavy atom. The van der Waals surface area contributed by atoms with Crippen molar-refractivity contribution in [2.75, 3.05) is 0 Å². The molecule has 0 bridgehead atoms. The minimum Gasteiger partial charge on any atom is -0.466 e. The van der Waals surface area contributed by atoms with Gasteiger partial charge in [0, 0.05) is 4.47 Å². The Morgan fingerprint density at radius 1 is 1.20 bits per heavy atom. The summed E-state index contributed by atoms with van der Waals surface area (Å²) >= 11 is 6.25. The molecule has 0 amide bonds. The number of nitrogens with one attached hydrogen (secondary N) is 1. The van der Waals surface area contributed by atoms with Crippen molar-refractivity contribution in [3.05, 3.63) is 56.4 Å². The molecule has 1 aromatic carbocycles. The molecule has 0 saturated carbocycles. The van der Waals surface area contributed by atoms with Crippen LogP contribution in [0.3, 0.4) is 0 Å². The molecule has 1 atom stereocenters. The Morgan fingerprint density at radius 3 is 2.40 bits per heavy atom. The lowest BCUT2D eigenvalue weighted by Crippen LogP contribution is -2.30. The number of furan rings is 1. The predicted octanol–water partition coefficient (Wildman–Crippen LogP) is 4.38. The molecule has 3 N–H and O–H groups in total. The summed E-state index contributed by atoms with van der Waals surface area (Å²) in [7, 11) is 0. The minimum atomic E-state index is -4.49. The Hall–Kier alpha value is -0.830. The summed E-state index contributed by atoms with van der Waals surface area (Å²) < 4.78 is 45.5. The maximum Gasteiger partial charge on any atom is 0.416 e. The number of hydrazine groups is 1. The Bertz CT molecular complexity index is 613. The van der Waals surface area contributed by atoms with E-state index in [4.69, 9.17) is 10.3 Å². The topological polar surface area (TPSA) is 51.2 Å². The van der Waals surface area contributed by atoms with Gasteiger partial charge < -0.3 is 4.42 Å². The van der Waals surface area contributed by atoms with Crippen molar-refractivity contribution >= 4 is 31.9 Å². The summed E-state index contributed by atoms with van der Waals surface area (Å²) in [4.78, 5) is 0. The van der Waals surface area contributed by atoms with Gasteiger partial charge in [-0.2, -0.15) is 13.2 Å². The third-order valence-electron chi connectivity index (χ3n) is 2.71. The number of benzene rings is 1. The Balaban J connectivity index is 2.59. The highest BCUT2D eigenvalue weighted by Gasteiger charge is 2.36. The van der Waals surface area contributed by atoms with Gasteiger partial charge in [-0.1, -0.05) is 22.0 Å². The SMILES string of the molecule is NNC(c1ccc(Br)cc1C(F)(F)F)c1occc1Br. The van der Waals surface area contributed by atoms with Crippen LogP contribution >= 0.6 is 31.9 Å². The van der Waals surface area contributed by atoms with E-state index in [1.54, 1.807) is 6.07 Å². The van der Waals surface area contributed by atoms with E-state index in [1.807, 2.05) is 0 Å². The first-order valence-corrected chi connectivity index (χ1v) is 6.99. The molecule has 1 aromatic heterocycles. The number of hydrogen-bond donors (Lipinski definition) is 2. The van der Waals surface area contributed by atoms with E-state index in [1.165, 1.54) is 18.4 Å². The minimum absolute atomic E-state index is 0.0150. The first kappa shape index (κ1) is 15.6. The molecule has 20 heavy (non-hydrogen) atoms. The van der Waals surface area contributed by atoms with Crippen molar-refractivity contribution in [2.24, 2.45) is 5.84 Å². The number of nitrogens with two attached hydrogens (primary N) is 1. The van der Waals surface area contributed by atoms with Crippen molar-refractivity contribution < 1.29 is 17.6 Å². The first-order valence-electron chi connectivity index (χ1n) is 5.40. The molecule has 1 heterocycles. The fourth-order valence-electron chi connectivity index (χ4n) is 1.84. The average Bonchev–Trinajstić information content (AvgIpc) is 2.77. The zero-order valence-corrected chi connectivity index (χ0v) is 13.0. The third kappa shape index (κ3) is 3.08. The van der Waals surface area contributed by atoms with Gasteiger partial charge >= 0.3 is 6.18 Å². The lowest BCUT2D eigenvalue weighted by atomic mass is 9.98. The van der Waals surface area contributed by atoms with Crippen LogP contribution in [0.5, 0.6) is 0 Å². The van der Waals surface area contributed by atoms with Gasteiger partial charge in [0.05, 0.1) is 16.3 Å². The second-order valence-electron chi connectivity index (χ2n) is 3.96. The number of hydrogen-bond acceptors (Lipinski definition) is 3. The van der Waals surface area contributed by atoms with Crippen LogP contribution in [0, 0.1) is 0 Å². The van der Waals surface area contributed by atoms with Crippen LogP contribution in [-0.2, 0) is 6.18 Å². The van der Waals surface area contributed by atoms with Crippen LogP contribution in [0.2, 0.25) is 0 Å². The Labute approximate surface area is 129 Å². The molecule has 3 nitrogen and oxygen atoms in total. The maximum atomic E-state index is 13.1. The van der Waals surface area contributed by atoms with Gasteiger partial charge in [0.1, 0.15) is 11.8 Å². The van der Waals surface area contributed by atoms with Crippen LogP contribution in [0.1, 0.15) is 22.9 Å². The van der Waals surface area contributed by atoms with Crippen molar-refractivity contribution in [3.63, 3.8) is 0 Å². The van der Waals surface area contributed by atoms with E-state index in [0.717, 1.165) is 6.07 Å². The molecule has 0 aliphatic rings. The van der Waals surface area contributed by atoms with E-state index in [9.17, 15) is 13.2 Å². The van der Waals surface area contributed by atoms with E-state index in [-0.39, 0.29) is 11.3 Å². The predicted molar refractivity (Wildman–Crippen MR) is 74.7 cm³/mol. The quantitative estimate of drug-likeness (QED) is 0.580. The van der Waals surface area contributed by atoms with Crippen LogP contribution < -0.4 is 11.3 Å². The number of alkyl halides is 3. The monoisotopic (exact) mass is 412 g/mol. The van der Waals surface area contributed by atoms with E-state index >= 15 is 0 Å². The Kier molecular flexibility index (Phi) is 4.58. The zero-order chi connectivity index (χ0) is 14.9. The second-order valence-corrected chi connectivity index (χ2v) is 5.73. The van der Waals surface area contributed by atoms with Crippen molar-refractivity contribution in [1.82, 2.24) is 5.43 Å². The van der Waals surface area contributed by atoms with E-state index in [0.29, 0.717) is 8.95 Å². The fourth-order valence-corrected chi connectivity index (χ4v) is 2.64. The molecule has 8 heteroatoms. The highest BCUT2D eigenvalue weighted by molar-refractivity contribution is 9.10. The second kappa shape index (κ2) is 5.88. The highest BCUT2D eigenvalue weighted by atomic mass is 79.9. The lowest BCUT2D eigenvalue weighted by Gasteiger charge is -2.20. The molecular formula is C12H9Br2F3N2O. The summed E-state index contributed by atoms with van der Waals surface area (Å²) in [6, 6.07) is 4.56. The molecule has 0 saturated heterocycles. The lowest BCUT2D eigenvalue weighted by molar-refractivity contribution is -0.138. The molecule has 108 valence electrons. The van der Waals surface area contributed by atoms with Crippen LogP contribution in [0.4, 0.5) is 13.2 Å². The number of rotatable bonds is 3. The molecule has 1 unspecified atom stereocenters. The highest BCUT2D eigenvalue weighted by Crippen LogP contribution is 2.39. The molecule has 0 fully saturated rings. The van der Waals surface area contributed by atoms with Gasteiger partial charge in [0.25, 0.3) is 0 Å². The normalized spacial score (nSPS) is 13.5. The van der Waals surface area contributed by atoms with Crippen molar-refractivity contribution in [3.8, 4) is 0 Å². The first-order chi connectivity index (χ1) is 9.34. The molecule has 0 aliphatic carbocycles. The fraction of sp³-hybridized carbons (Fsp3) is 0.167. The van der Waals surface area contributed by atoms with Gasteiger partial charge in [-0.3, -0.25) is 5.84 Å². The van der Waals surface area contributed by atoms with Crippen molar-refractivity contribution in [1.29, 1.82) is 0 Å². The number of halogens is 5. The van der Waals surface area contributed by atoms with E-state index < -0.39 is 17.8 Å². The van der Waals surface area contributed by atoms with Gasteiger partial charge in [-0.25, -0.2) is 5.43 Å². The molecule has 0 radical (unpaired) electrons. The molecule has 0 aliphatic heterocycles. The zero-order valence-electron chi connectivity index (χ0n) is 9.84.